The van der Waals surface area contributed by atoms with Gasteiger partial charge in [-0.05, 0) is 72.7 Å². The summed E-state index contributed by atoms with van der Waals surface area (Å²) in [5.74, 6) is -2.19. The minimum absolute atomic E-state index is 0.0285. The number of amides is 2. The molecule has 2 aromatic carbocycles. The van der Waals surface area contributed by atoms with Gasteiger partial charge in [0.05, 0.1) is 17.8 Å². The molecule has 0 saturated heterocycles. The fourth-order valence-corrected chi connectivity index (χ4v) is 4.85. The fraction of sp³-hybridized carbons (Fsp3) is 0.296. The van der Waals surface area contributed by atoms with Crippen LogP contribution in [0.25, 0.3) is 0 Å². The second-order valence-corrected chi connectivity index (χ2v) is 9.20. The maximum atomic E-state index is 13.5. The summed E-state index contributed by atoms with van der Waals surface area (Å²) >= 11 is 0. The van der Waals surface area contributed by atoms with E-state index in [4.69, 9.17) is 5.73 Å². The summed E-state index contributed by atoms with van der Waals surface area (Å²) in [4.78, 5) is 46.4. The first-order valence-corrected chi connectivity index (χ1v) is 11.9. The number of carbonyl (C=O) groups excluding carboxylic acids is 2. The van der Waals surface area contributed by atoms with E-state index < -0.39 is 17.8 Å². The molecule has 1 unspecified atom stereocenters. The number of hydrogen-bond donors (Lipinski definition) is 3. The number of fused-ring (bicyclic) bond motifs is 1. The minimum Gasteiger partial charge on any atom is -0.478 e. The van der Waals surface area contributed by atoms with Crippen molar-refractivity contribution in [2.75, 3.05) is 6.54 Å². The Kier molecular flexibility index (Phi) is 7.58. The van der Waals surface area contributed by atoms with E-state index in [9.17, 15) is 23.9 Å². The number of carbonyl (C=O) groups is 3. The second-order valence-electron chi connectivity index (χ2n) is 9.20. The van der Waals surface area contributed by atoms with Gasteiger partial charge in [-0.15, -0.1) is 0 Å². The Bertz CT molecular complexity index is 1380. The molecule has 37 heavy (non-hydrogen) atoms. The normalized spacial score (nSPS) is 14.4. The van der Waals surface area contributed by atoms with Crippen molar-refractivity contribution < 1.29 is 23.9 Å². The molecule has 0 radical (unpaired) electrons. The number of carboxylic acids is 1. The standard InChI is InChI=1S/C27H28FN5O4/c1-15-9-17(3-7-22(15)28)11-30-26(35)23-10-18(31-14-32-23)12-33(13-25(29)34)24-8-6-19-16(2)20(27(36)37)4-5-21(19)24/h3-5,7,9-10,14,24H,6,8,11-13H2,1-2H3,(H2,29,34)(H,30,35)(H,36,37). The molecule has 0 aliphatic heterocycles. The first kappa shape index (κ1) is 25.9. The molecule has 10 heteroatoms. The molecule has 0 bridgehead atoms. The van der Waals surface area contributed by atoms with Crippen LogP contribution >= 0.6 is 0 Å². The van der Waals surface area contributed by atoms with Crippen molar-refractivity contribution in [1.82, 2.24) is 20.2 Å². The molecule has 1 heterocycles. The average molecular weight is 506 g/mol. The van der Waals surface area contributed by atoms with Crippen LogP contribution in [0, 0.1) is 19.7 Å². The van der Waals surface area contributed by atoms with Crippen molar-refractivity contribution in [3.63, 3.8) is 0 Å². The van der Waals surface area contributed by atoms with E-state index in [-0.39, 0.29) is 42.8 Å². The highest BCUT2D eigenvalue weighted by Crippen LogP contribution is 2.39. The predicted molar refractivity (Wildman–Crippen MR) is 133 cm³/mol. The molecule has 192 valence electrons. The molecular weight excluding hydrogens is 477 g/mol. The summed E-state index contributed by atoms with van der Waals surface area (Å²) in [6.07, 6.45) is 2.67. The number of hydrogen-bond acceptors (Lipinski definition) is 6. The lowest BCUT2D eigenvalue weighted by atomic mass is 9.97. The first-order valence-electron chi connectivity index (χ1n) is 11.9. The van der Waals surface area contributed by atoms with Crippen LogP contribution < -0.4 is 11.1 Å². The van der Waals surface area contributed by atoms with Crippen molar-refractivity contribution in [2.45, 2.75) is 45.8 Å². The van der Waals surface area contributed by atoms with Crippen molar-refractivity contribution >= 4 is 17.8 Å². The SMILES string of the molecule is Cc1cc(CNC(=O)c2cc(CN(CC(N)=O)C3CCc4c3ccc(C(=O)O)c4C)ncn2)ccc1F. The van der Waals surface area contributed by atoms with E-state index in [2.05, 4.69) is 15.3 Å². The molecule has 2 amide bonds. The number of halogens is 1. The monoisotopic (exact) mass is 505 g/mol. The summed E-state index contributed by atoms with van der Waals surface area (Å²) < 4.78 is 13.5. The van der Waals surface area contributed by atoms with Gasteiger partial charge in [-0.1, -0.05) is 18.2 Å². The number of nitrogens with two attached hydrogens (primary N) is 1. The van der Waals surface area contributed by atoms with E-state index in [1.54, 1.807) is 44.2 Å². The lowest BCUT2D eigenvalue weighted by Gasteiger charge is -2.28. The Morgan fingerprint density at radius 3 is 2.65 bits per heavy atom. The lowest BCUT2D eigenvalue weighted by molar-refractivity contribution is -0.119. The van der Waals surface area contributed by atoms with Crippen LogP contribution in [0.2, 0.25) is 0 Å². The maximum Gasteiger partial charge on any atom is 0.335 e. The molecule has 4 rings (SSSR count). The summed E-state index contributed by atoms with van der Waals surface area (Å²) in [7, 11) is 0. The van der Waals surface area contributed by atoms with E-state index >= 15 is 0 Å². The van der Waals surface area contributed by atoms with Gasteiger partial charge < -0.3 is 16.2 Å². The van der Waals surface area contributed by atoms with Gasteiger partial charge >= 0.3 is 5.97 Å². The Labute approximate surface area is 213 Å². The quantitative estimate of drug-likeness (QED) is 0.406. The van der Waals surface area contributed by atoms with E-state index in [1.807, 2.05) is 4.90 Å². The number of aromatic nitrogens is 2. The van der Waals surface area contributed by atoms with Gasteiger partial charge in [-0.3, -0.25) is 14.5 Å². The summed E-state index contributed by atoms with van der Waals surface area (Å²) in [6.45, 7) is 3.88. The third-order valence-corrected chi connectivity index (χ3v) is 6.69. The smallest absolute Gasteiger partial charge is 0.335 e. The highest BCUT2D eigenvalue weighted by atomic mass is 19.1. The van der Waals surface area contributed by atoms with Gasteiger partial charge in [-0.2, -0.15) is 0 Å². The van der Waals surface area contributed by atoms with Gasteiger partial charge in [0.2, 0.25) is 5.91 Å². The molecule has 1 aromatic heterocycles. The molecule has 0 spiro atoms. The number of aromatic carboxylic acids is 1. The molecule has 1 aliphatic carbocycles. The zero-order chi connectivity index (χ0) is 26.7. The van der Waals surface area contributed by atoms with Crippen LogP contribution in [-0.2, 0) is 24.3 Å². The van der Waals surface area contributed by atoms with Crippen LogP contribution in [-0.4, -0.2) is 44.3 Å². The number of aryl methyl sites for hydroxylation is 1. The predicted octanol–water partition coefficient (Wildman–Crippen LogP) is 2.84. The van der Waals surface area contributed by atoms with Gasteiger partial charge in [0.1, 0.15) is 17.8 Å². The highest BCUT2D eigenvalue weighted by molar-refractivity contribution is 5.92. The van der Waals surface area contributed by atoms with Gasteiger partial charge in [0.15, 0.2) is 0 Å². The molecule has 9 nitrogen and oxygen atoms in total. The second kappa shape index (κ2) is 10.8. The Morgan fingerprint density at radius 1 is 1.16 bits per heavy atom. The van der Waals surface area contributed by atoms with E-state index in [0.29, 0.717) is 24.1 Å². The number of nitrogens with one attached hydrogen (secondary N) is 1. The molecular formula is C27H28FN5O4. The molecule has 1 atom stereocenters. The zero-order valence-corrected chi connectivity index (χ0v) is 20.6. The summed E-state index contributed by atoms with van der Waals surface area (Å²) in [5, 5.41) is 12.2. The topological polar surface area (TPSA) is 139 Å². The molecule has 3 aromatic rings. The van der Waals surface area contributed by atoms with Gasteiger partial charge in [0.25, 0.3) is 5.91 Å². The first-order chi connectivity index (χ1) is 17.6. The zero-order valence-electron chi connectivity index (χ0n) is 20.6. The minimum atomic E-state index is -0.973. The molecule has 4 N–H and O–H groups in total. The van der Waals surface area contributed by atoms with Crippen LogP contribution in [0.5, 0.6) is 0 Å². The number of primary amides is 1. The van der Waals surface area contributed by atoms with Crippen LogP contribution in [0.3, 0.4) is 0 Å². The largest absolute Gasteiger partial charge is 0.478 e. The van der Waals surface area contributed by atoms with E-state index in [1.165, 1.54) is 12.4 Å². The number of benzene rings is 2. The van der Waals surface area contributed by atoms with Crippen LogP contribution in [0.1, 0.15) is 66.8 Å². The Morgan fingerprint density at radius 2 is 1.95 bits per heavy atom. The Hall–Kier alpha value is -4.18. The summed E-state index contributed by atoms with van der Waals surface area (Å²) in [5.41, 5.74) is 10.4. The van der Waals surface area contributed by atoms with Crippen molar-refractivity contribution in [3.05, 3.63) is 93.3 Å². The summed E-state index contributed by atoms with van der Waals surface area (Å²) in [6, 6.07) is 9.43. The van der Waals surface area contributed by atoms with Crippen LogP contribution in [0.15, 0.2) is 42.7 Å². The van der Waals surface area contributed by atoms with E-state index in [0.717, 1.165) is 22.3 Å². The Balaban J connectivity index is 1.51. The number of nitrogens with zero attached hydrogens (tertiary/aromatic N) is 3. The number of carboxylic acid groups (broad SMARTS) is 1. The van der Waals surface area contributed by atoms with Gasteiger partial charge in [0, 0.05) is 19.1 Å². The third-order valence-electron chi connectivity index (χ3n) is 6.69. The van der Waals surface area contributed by atoms with Crippen LogP contribution in [0.4, 0.5) is 4.39 Å². The fourth-order valence-electron chi connectivity index (χ4n) is 4.85. The van der Waals surface area contributed by atoms with Crippen molar-refractivity contribution in [3.8, 4) is 0 Å². The van der Waals surface area contributed by atoms with Crippen molar-refractivity contribution in [2.24, 2.45) is 5.73 Å². The lowest BCUT2D eigenvalue weighted by Crippen LogP contribution is -2.36. The highest BCUT2D eigenvalue weighted by Gasteiger charge is 2.31. The average Bonchev–Trinajstić information content (AvgIpc) is 3.29. The third kappa shape index (κ3) is 5.80. The molecule has 1 aliphatic rings. The molecule has 0 saturated carbocycles. The number of rotatable bonds is 9. The molecule has 0 fully saturated rings. The van der Waals surface area contributed by atoms with Gasteiger partial charge in [-0.25, -0.2) is 19.2 Å². The maximum absolute atomic E-state index is 13.5. The van der Waals surface area contributed by atoms with Crippen molar-refractivity contribution in [1.29, 1.82) is 0 Å².